The number of aromatic nitrogens is 2. The summed E-state index contributed by atoms with van der Waals surface area (Å²) in [5.74, 6) is -1.69. The van der Waals surface area contributed by atoms with E-state index in [0.29, 0.717) is 5.82 Å². The zero-order chi connectivity index (χ0) is 11.5. The Morgan fingerprint density at radius 1 is 1.67 bits per heavy atom. The van der Waals surface area contributed by atoms with Crippen molar-refractivity contribution in [2.45, 2.75) is 6.18 Å². The van der Waals surface area contributed by atoms with Crippen molar-refractivity contribution in [3.05, 3.63) is 12.3 Å². The number of hydrogen-bond donors (Lipinski definition) is 1. The molecule has 1 heterocycles. The van der Waals surface area contributed by atoms with E-state index in [1.807, 2.05) is 0 Å². The van der Waals surface area contributed by atoms with Gasteiger partial charge in [0.25, 0.3) is 0 Å². The second kappa shape index (κ2) is 4.21. The molecule has 4 nitrogen and oxygen atoms in total. The molecule has 15 heavy (non-hydrogen) atoms. The first kappa shape index (κ1) is 11.4. The van der Waals surface area contributed by atoms with Gasteiger partial charge in [-0.15, -0.1) is 0 Å². The van der Waals surface area contributed by atoms with Crippen LogP contribution in [0.4, 0.5) is 19.0 Å². The molecule has 0 aromatic carbocycles. The fourth-order valence-electron chi connectivity index (χ4n) is 0.951. The van der Waals surface area contributed by atoms with E-state index in [2.05, 4.69) is 10.4 Å². The maximum absolute atomic E-state index is 12.1. The van der Waals surface area contributed by atoms with Crippen LogP contribution in [0.5, 0.6) is 0 Å². The van der Waals surface area contributed by atoms with Crippen LogP contribution in [-0.2, 0) is 7.05 Å². The maximum Gasteiger partial charge on any atom is 0.406 e. The van der Waals surface area contributed by atoms with E-state index in [1.54, 1.807) is 13.2 Å². The van der Waals surface area contributed by atoms with E-state index in [0.717, 1.165) is 0 Å². The zero-order valence-corrected chi connectivity index (χ0v) is 7.91. The molecule has 0 amide bonds. The summed E-state index contributed by atoms with van der Waals surface area (Å²) in [6.45, 7) is -0.489. The Labute approximate surface area is 84.3 Å². The van der Waals surface area contributed by atoms with Gasteiger partial charge in [0.1, 0.15) is 5.82 Å². The molecule has 0 spiro atoms. The van der Waals surface area contributed by atoms with E-state index in [1.165, 1.54) is 16.8 Å². The Hall–Kier alpha value is -1.71. The van der Waals surface area contributed by atoms with E-state index in [4.69, 9.17) is 5.26 Å². The summed E-state index contributed by atoms with van der Waals surface area (Å²) in [5, 5.41) is 14.6. The molecule has 82 valence electrons. The Kier molecular flexibility index (Phi) is 3.19. The van der Waals surface area contributed by atoms with Crippen molar-refractivity contribution in [1.29, 1.82) is 5.26 Å². The minimum Gasteiger partial charge on any atom is -0.367 e. The molecule has 0 aliphatic heterocycles. The number of halogens is 3. The van der Waals surface area contributed by atoms with E-state index >= 15 is 0 Å². The van der Waals surface area contributed by atoms with Crippen LogP contribution in [0.15, 0.2) is 12.3 Å². The molecule has 0 aliphatic carbocycles. The highest BCUT2D eigenvalue weighted by Crippen LogP contribution is 2.25. The Morgan fingerprint density at radius 3 is 2.73 bits per heavy atom. The fourth-order valence-corrected chi connectivity index (χ4v) is 0.951. The van der Waals surface area contributed by atoms with Gasteiger partial charge in [0, 0.05) is 25.9 Å². The van der Waals surface area contributed by atoms with Gasteiger partial charge in [0.2, 0.25) is 0 Å². The number of aryl methyl sites for hydroxylation is 1. The van der Waals surface area contributed by atoms with Gasteiger partial charge in [0.05, 0.1) is 6.07 Å². The SMILES string of the molecule is Cn1ccc(NCC(C#N)C(F)(F)F)n1. The molecule has 1 unspecified atom stereocenters. The third kappa shape index (κ3) is 3.16. The Morgan fingerprint density at radius 2 is 2.33 bits per heavy atom. The van der Waals surface area contributed by atoms with Crippen molar-refractivity contribution in [2.24, 2.45) is 13.0 Å². The number of anilines is 1. The lowest BCUT2D eigenvalue weighted by Gasteiger charge is -2.13. The molecule has 7 heteroatoms. The van der Waals surface area contributed by atoms with Crippen LogP contribution in [0.25, 0.3) is 0 Å². The van der Waals surface area contributed by atoms with Crippen molar-refractivity contribution < 1.29 is 13.2 Å². The predicted molar refractivity (Wildman–Crippen MR) is 46.9 cm³/mol. The van der Waals surface area contributed by atoms with Crippen LogP contribution in [0.2, 0.25) is 0 Å². The summed E-state index contributed by atoms with van der Waals surface area (Å²) in [6.07, 6.45) is -2.91. The lowest BCUT2D eigenvalue weighted by atomic mass is 10.1. The smallest absolute Gasteiger partial charge is 0.367 e. The molecule has 1 N–H and O–H groups in total. The molecular formula is C8H9F3N4. The van der Waals surface area contributed by atoms with Gasteiger partial charge < -0.3 is 5.32 Å². The molecule has 0 bridgehead atoms. The summed E-state index contributed by atoms with van der Waals surface area (Å²) in [6, 6.07) is 2.73. The van der Waals surface area contributed by atoms with Crippen molar-refractivity contribution in [3.63, 3.8) is 0 Å². The summed E-state index contributed by atoms with van der Waals surface area (Å²) in [4.78, 5) is 0. The molecule has 0 fully saturated rings. The number of hydrogen-bond acceptors (Lipinski definition) is 3. The molecule has 1 atom stereocenters. The van der Waals surface area contributed by atoms with Gasteiger partial charge in [0.15, 0.2) is 5.92 Å². The topological polar surface area (TPSA) is 53.6 Å². The lowest BCUT2D eigenvalue weighted by molar-refractivity contribution is -0.155. The third-order valence-corrected chi connectivity index (χ3v) is 1.75. The fraction of sp³-hybridized carbons (Fsp3) is 0.500. The molecule has 0 saturated heterocycles. The van der Waals surface area contributed by atoms with Gasteiger partial charge in [-0.1, -0.05) is 0 Å². The van der Waals surface area contributed by atoms with Crippen LogP contribution >= 0.6 is 0 Å². The summed E-state index contributed by atoms with van der Waals surface area (Å²) < 4.78 is 37.9. The van der Waals surface area contributed by atoms with Crippen LogP contribution < -0.4 is 5.32 Å². The highest BCUT2D eigenvalue weighted by atomic mass is 19.4. The van der Waals surface area contributed by atoms with Crippen molar-refractivity contribution in [3.8, 4) is 6.07 Å². The molecule has 1 aromatic heterocycles. The molecule has 1 rings (SSSR count). The number of nitrogens with one attached hydrogen (secondary N) is 1. The number of alkyl halides is 3. The van der Waals surface area contributed by atoms with E-state index < -0.39 is 18.6 Å². The maximum atomic E-state index is 12.1. The first-order valence-electron chi connectivity index (χ1n) is 4.13. The first-order chi connectivity index (χ1) is 6.93. The molecule has 1 aromatic rings. The van der Waals surface area contributed by atoms with Crippen LogP contribution in [0, 0.1) is 17.2 Å². The van der Waals surface area contributed by atoms with Gasteiger partial charge >= 0.3 is 6.18 Å². The second-order valence-corrected chi connectivity index (χ2v) is 2.98. The van der Waals surface area contributed by atoms with Gasteiger partial charge in [-0.3, -0.25) is 4.68 Å². The molecule has 0 aliphatic rings. The van der Waals surface area contributed by atoms with Gasteiger partial charge in [-0.05, 0) is 0 Å². The third-order valence-electron chi connectivity index (χ3n) is 1.75. The van der Waals surface area contributed by atoms with E-state index in [-0.39, 0.29) is 0 Å². The average Bonchev–Trinajstić information content (AvgIpc) is 2.50. The normalized spacial score (nSPS) is 13.3. The number of nitriles is 1. The minimum atomic E-state index is -4.50. The zero-order valence-electron chi connectivity index (χ0n) is 7.91. The molecule has 0 radical (unpaired) electrons. The Bertz CT molecular complexity index is 363. The van der Waals surface area contributed by atoms with Gasteiger partial charge in [-0.25, -0.2) is 0 Å². The van der Waals surface area contributed by atoms with E-state index in [9.17, 15) is 13.2 Å². The first-order valence-corrected chi connectivity index (χ1v) is 4.13. The van der Waals surface area contributed by atoms with Crippen molar-refractivity contribution in [2.75, 3.05) is 11.9 Å². The van der Waals surface area contributed by atoms with Crippen LogP contribution in [0.1, 0.15) is 0 Å². The van der Waals surface area contributed by atoms with Gasteiger partial charge in [-0.2, -0.15) is 23.5 Å². The van der Waals surface area contributed by atoms with Crippen LogP contribution in [0.3, 0.4) is 0 Å². The quantitative estimate of drug-likeness (QED) is 0.837. The largest absolute Gasteiger partial charge is 0.406 e. The number of nitrogens with zero attached hydrogens (tertiary/aromatic N) is 3. The summed E-state index contributed by atoms with van der Waals surface area (Å²) >= 11 is 0. The molecule has 0 saturated carbocycles. The average molecular weight is 218 g/mol. The van der Waals surface area contributed by atoms with Crippen LogP contribution in [-0.4, -0.2) is 22.5 Å². The lowest BCUT2D eigenvalue weighted by Crippen LogP contribution is -2.28. The summed E-state index contributed by atoms with van der Waals surface area (Å²) in [7, 11) is 1.65. The highest BCUT2D eigenvalue weighted by molar-refractivity contribution is 5.32. The standard InChI is InChI=1S/C8H9F3N4/c1-15-3-2-7(14-15)13-5-6(4-12)8(9,10)11/h2-3,6H,5H2,1H3,(H,13,14). The highest BCUT2D eigenvalue weighted by Gasteiger charge is 2.39. The Balaban J connectivity index is 2.53. The van der Waals surface area contributed by atoms with Crippen molar-refractivity contribution in [1.82, 2.24) is 9.78 Å². The second-order valence-electron chi connectivity index (χ2n) is 2.98. The monoisotopic (exact) mass is 218 g/mol. The number of rotatable bonds is 3. The van der Waals surface area contributed by atoms with Crippen molar-refractivity contribution >= 4 is 5.82 Å². The summed E-state index contributed by atoms with van der Waals surface area (Å²) in [5.41, 5.74) is 0. The molecular weight excluding hydrogens is 209 g/mol. The predicted octanol–water partition coefficient (Wildman–Crippen LogP) is 1.53. The minimum absolute atomic E-state index is 0.321.